The van der Waals surface area contributed by atoms with Crippen molar-refractivity contribution in [3.05, 3.63) is 34.3 Å². The molecular weight excluding hydrogens is 1330 g/mol. The molecule has 25 nitrogen and oxygen atoms in total. The lowest BCUT2D eigenvalue weighted by Crippen LogP contribution is -2.65. The topological polar surface area (TPSA) is 279 Å². The van der Waals surface area contributed by atoms with Crippen LogP contribution in [0.25, 0.3) is 0 Å². The molecule has 4 saturated carbocycles. The van der Waals surface area contributed by atoms with E-state index in [1.54, 1.807) is 0 Å². The van der Waals surface area contributed by atoms with Crippen LogP contribution in [-0.2, 0) is 74.9 Å². The van der Waals surface area contributed by atoms with Gasteiger partial charge >= 0.3 is 6.18 Å². The molecule has 562 valence electrons. The highest BCUT2D eigenvalue weighted by atomic mass is 35.5. The van der Waals surface area contributed by atoms with Crippen LogP contribution in [0.1, 0.15) is 173 Å². The third kappa shape index (κ3) is 19.8. The van der Waals surface area contributed by atoms with Crippen LogP contribution >= 0.6 is 11.6 Å². The molecule has 1 aromatic rings. The Morgan fingerprint density at radius 1 is 0.614 bits per heavy atom. The van der Waals surface area contributed by atoms with Crippen molar-refractivity contribution < 1.29 is 75.4 Å². The number of morpholine rings is 1. The van der Waals surface area contributed by atoms with Crippen molar-refractivity contribution in [2.45, 2.75) is 222 Å². The molecule has 0 bridgehead atoms. The van der Waals surface area contributed by atoms with Crippen molar-refractivity contribution in [2.24, 2.45) is 23.7 Å². The van der Waals surface area contributed by atoms with Crippen LogP contribution in [-0.4, -0.2) is 265 Å². The van der Waals surface area contributed by atoms with Gasteiger partial charge in [0.2, 0.25) is 70.9 Å². The Morgan fingerprint density at radius 2 is 1.22 bits per heavy atom. The first-order valence-electron chi connectivity index (χ1n) is 36.6. The molecule has 7 atom stereocenters. The molecule has 3 N–H and O–H groups in total. The van der Waals surface area contributed by atoms with E-state index >= 15 is 28.8 Å². The molecule has 0 radical (unpaired) electrons. The molecule has 0 aromatic heterocycles. The third-order valence-corrected chi connectivity index (χ3v) is 22.7. The van der Waals surface area contributed by atoms with E-state index in [0.717, 1.165) is 79.7 Å². The summed E-state index contributed by atoms with van der Waals surface area (Å²) in [5, 5.41) is 8.22. The quantitative estimate of drug-likeness (QED) is 0.278. The van der Waals surface area contributed by atoms with Gasteiger partial charge in [0.05, 0.1) is 49.9 Å². The number of fused-ring (bicyclic) bond motifs is 1. The van der Waals surface area contributed by atoms with E-state index in [1.807, 2.05) is 13.8 Å². The molecule has 7 aliphatic rings. The van der Waals surface area contributed by atoms with E-state index in [9.17, 15) is 41.9 Å². The van der Waals surface area contributed by atoms with E-state index in [4.69, 9.17) is 16.3 Å². The Balaban J connectivity index is 1.17. The molecule has 101 heavy (non-hydrogen) atoms. The summed E-state index contributed by atoms with van der Waals surface area (Å²) in [6.07, 6.45) is 6.27. The first-order chi connectivity index (χ1) is 47.8. The van der Waals surface area contributed by atoms with E-state index in [1.165, 1.54) is 89.7 Å². The van der Waals surface area contributed by atoms with Gasteiger partial charge in [-0.2, -0.15) is 13.2 Å². The number of rotatable bonds is 10. The summed E-state index contributed by atoms with van der Waals surface area (Å²) in [4.78, 5) is 191. The van der Waals surface area contributed by atoms with Crippen molar-refractivity contribution in [3.63, 3.8) is 0 Å². The lowest BCUT2D eigenvalue weighted by Gasteiger charge is -2.43. The van der Waals surface area contributed by atoms with Gasteiger partial charge in [-0.3, -0.25) is 57.5 Å². The van der Waals surface area contributed by atoms with Crippen molar-refractivity contribution in [3.8, 4) is 0 Å². The minimum absolute atomic E-state index is 0.0212. The number of nitrogens with zero attached hydrogens (tertiary/aromatic N) is 9. The van der Waals surface area contributed by atoms with E-state index in [-0.39, 0.29) is 95.5 Å². The number of ether oxygens (including phenoxy) is 1. The van der Waals surface area contributed by atoms with Crippen LogP contribution in [0.5, 0.6) is 0 Å². The molecule has 1 aromatic carbocycles. The van der Waals surface area contributed by atoms with Crippen LogP contribution in [0.3, 0.4) is 0 Å². The summed E-state index contributed by atoms with van der Waals surface area (Å²) in [6.45, 7) is 2.84. The van der Waals surface area contributed by atoms with Crippen molar-refractivity contribution in [1.82, 2.24) is 60.0 Å². The molecule has 7 fully saturated rings. The zero-order valence-corrected chi connectivity index (χ0v) is 61.3. The Hall–Kier alpha value is -7.10. The zero-order chi connectivity index (χ0) is 73.8. The van der Waals surface area contributed by atoms with Crippen molar-refractivity contribution >= 4 is 82.5 Å². The predicted molar refractivity (Wildman–Crippen MR) is 368 cm³/mol. The number of hydrogen-bond acceptors (Lipinski definition) is 13. The minimum atomic E-state index is -4.76. The molecule has 3 saturated heterocycles. The highest BCUT2D eigenvalue weighted by molar-refractivity contribution is 6.31. The molecule has 1 unspecified atom stereocenters. The summed E-state index contributed by atoms with van der Waals surface area (Å²) in [6, 6.07) is -5.51. The standard InChI is InChI=1S/C72H108ClF3N12O13/c1-45(2)38-54-63(93)78-61(48-24-18-25-48)68(98)82(5)43-59(91)80(3)44-60(92)84(7)55(40-46-20-12-10-13-21-46)66(96)81(4)42-57(89)77-52(30-28-47-27-29-50(51(73)39-47)72(74,75)76)65(95)88-33-19-26-53(88)64(94)79-71(31-16-17-32-71)70(100)86(9)62(49-22-14-11-15-23-49)69(99)85(8)56(41-58(90)83(54)6)67(97)87-34-36-101-37-35-87/h27,29,39,45-46,48-49,52-56,61-62H,10-26,28,30-38,40-44H2,1-9H3,(H,77,89)(H,78,93)(H,79,94)/t52-,53?,54-,55-,56-,61-,62-/m0/s1. The number of alkyl halides is 3. The van der Waals surface area contributed by atoms with Gasteiger partial charge in [-0.1, -0.05) is 102 Å². The van der Waals surface area contributed by atoms with Gasteiger partial charge in [0, 0.05) is 69.0 Å². The van der Waals surface area contributed by atoms with Crippen LogP contribution < -0.4 is 16.0 Å². The summed E-state index contributed by atoms with van der Waals surface area (Å²) in [7, 11) is 10.0. The Kier molecular flexibility index (Phi) is 27.9. The molecule has 3 aliphatic heterocycles. The van der Waals surface area contributed by atoms with Crippen LogP contribution in [0, 0.1) is 23.7 Å². The minimum Gasteiger partial charge on any atom is -0.378 e. The first kappa shape index (κ1) is 79.6. The Labute approximate surface area is 597 Å². The number of halogens is 4. The number of amides is 12. The van der Waals surface area contributed by atoms with Gasteiger partial charge in [-0.05, 0) is 118 Å². The van der Waals surface area contributed by atoms with E-state index in [2.05, 4.69) is 16.0 Å². The summed E-state index contributed by atoms with van der Waals surface area (Å²) < 4.78 is 47.3. The smallest absolute Gasteiger partial charge is 0.378 e. The highest BCUT2D eigenvalue weighted by Gasteiger charge is 2.52. The van der Waals surface area contributed by atoms with Crippen LogP contribution in [0.2, 0.25) is 5.02 Å². The zero-order valence-electron chi connectivity index (χ0n) is 60.6. The average Bonchev–Trinajstić information content (AvgIpc) is 1.42. The molecule has 8 rings (SSSR count). The Bertz CT molecular complexity index is 3170. The highest BCUT2D eigenvalue weighted by Crippen LogP contribution is 2.39. The molecule has 4 aliphatic carbocycles. The van der Waals surface area contributed by atoms with Gasteiger partial charge < -0.3 is 64.8 Å². The number of hydrogen-bond donors (Lipinski definition) is 3. The van der Waals surface area contributed by atoms with Gasteiger partial charge in [0.25, 0.3) is 0 Å². The monoisotopic (exact) mass is 1440 g/mol. The first-order valence-corrected chi connectivity index (χ1v) is 36.9. The van der Waals surface area contributed by atoms with Gasteiger partial charge in [-0.25, -0.2) is 0 Å². The number of nitrogens with one attached hydrogen (secondary N) is 3. The summed E-state index contributed by atoms with van der Waals surface area (Å²) >= 11 is 6.16. The summed E-state index contributed by atoms with van der Waals surface area (Å²) in [5.74, 6) is -8.58. The molecule has 1 spiro atoms. The lowest BCUT2D eigenvalue weighted by molar-refractivity contribution is -0.158. The largest absolute Gasteiger partial charge is 0.417 e. The molecule has 12 amide bonds. The Morgan fingerprint density at radius 3 is 1.82 bits per heavy atom. The van der Waals surface area contributed by atoms with Gasteiger partial charge in [-0.15, -0.1) is 0 Å². The van der Waals surface area contributed by atoms with Crippen LogP contribution in [0.4, 0.5) is 13.2 Å². The van der Waals surface area contributed by atoms with Crippen molar-refractivity contribution in [1.29, 1.82) is 0 Å². The maximum absolute atomic E-state index is 15.8. The number of likely N-dealkylation sites (N-methyl/N-ethyl adjacent to an activating group) is 7. The predicted octanol–water partition coefficient (Wildman–Crippen LogP) is 5.02. The molecule has 3 heterocycles. The fraction of sp³-hybridized carbons (Fsp3) is 0.750. The van der Waals surface area contributed by atoms with E-state index < -0.39 is 167 Å². The fourth-order valence-electron chi connectivity index (χ4n) is 16.0. The maximum atomic E-state index is 15.8. The third-order valence-electron chi connectivity index (χ3n) is 22.4. The second-order valence-electron chi connectivity index (χ2n) is 30.0. The van der Waals surface area contributed by atoms with Gasteiger partial charge in [0.15, 0.2) is 0 Å². The maximum Gasteiger partial charge on any atom is 0.417 e. The van der Waals surface area contributed by atoms with Gasteiger partial charge in [0.1, 0.15) is 47.8 Å². The number of carbonyl (C=O) groups is 12. The normalized spacial score (nSPS) is 27.3. The molecule has 29 heteroatoms. The number of benzene rings is 1. The lowest BCUT2D eigenvalue weighted by atomic mass is 9.79. The van der Waals surface area contributed by atoms with Crippen LogP contribution in [0.15, 0.2) is 18.2 Å². The SMILES string of the molecule is CC(C)C[C@H]1C(=O)N[C@@H](C2CCC2)C(=O)N(C)CC(=O)N(C)CC(=O)N(C)[C@@H](CC2CCCCC2)C(=O)N(C)CC(=O)N[C@@H](CCc2ccc(C(F)(F)F)c(Cl)c2)C(=O)N2CCCC2C(=O)NC2(CCCC2)C(=O)N(C)[C@@H](C2CCCCC2)C(=O)N(C)[C@H](C(=O)N2CCOCC2)CC(=O)N1C. The average molecular weight is 1440 g/mol. The number of carbonyl (C=O) groups excluding carboxylic acids is 12. The summed E-state index contributed by atoms with van der Waals surface area (Å²) in [5.41, 5.74) is -2.35. The van der Waals surface area contributed by atoms with Crippen molar-refractivity contribution in [2.75, 3.05) is 102 Å². The van der Waals surface area contributed by atoms with E-state index in [0.29, 0.717) is 50.5 Å². The molecular formula is C72H108ClF3N12O13. The fourth-order valence-corrected chi connectivity index (χ4v) is 16.3. The number of aryl methyl sites for hydroxylation is 1. The second kappa shape index (κ2) is 35.4. The second-order valence-corrected chi connectivity index (χ2v) is 30.4.